The molecule has 1 aromatic heterocycles. The standard InChI is InChI=1S/C19H22F3N3O3S/c20-19(21,22)17-5-2-7-23-18(17)24-8-10-25(11-9-24)29(27,28)14-16-4-1-3-15(13-16)6-12-26/h1-5,7,13,26H,6,8-12,14H2. The first-order valence-electron chi connectivity index (χ1n) is 9.14. The van der Waals surface area contributed by atoms with Crippen molar-refractivity contribution >= 4 is 15.8 Å². The molecule has 158 valence electrons. The monoisotopic (exact) mass is 429 g/mol. The van der Waals surface area contributed by atoms with Gasteiger partial charge in [0.2, 0.25) is 10.0 Å². The predicted molar refractivity (Wildman–Crippen MR) is 103 cm³/mol. The number of hydrogen-bond acceptors (Lipinski definition) is 5. The molecule has 29 heavy (non-hydrogen) atoms. The third-order valence-corrected chi connectivity index (χ3v) is 6.61. The molecule has 0 amide bonds. The van der Waals surface area contributed by atoms with E-state index in [4.69, 9.17) is 5.11 Å². The van der Waals surface area contributed by atoms with Crippen LogP contribution in [0.15, 0.2) is 42.6 Å². The highest BCUT2D eigenvalue weighted by molar-refractivity contribution is 7.88. The molecule has 1 aliphatic rings. The van der Waals surface area contributed by atoms with Crippen molar-refractivity contribution in [1.82, 2.24) is 9.29 Å². The van der Waals surface area contributed by atoms with Crippen molar-refractivity contribution in [2.75, 3.05) is 37.7 Å². The Morgan fingerprint density at radius 1 is 1.03 bits per heavy atom. The van der Waals surface area contributed by atoms with Gasteiger partial charge in [-0.15, -0.1) is 0 Å². The van der Waals surface area contributed by atoms with E-state index in [1.165, 1.54) is 21.5 Å². The van der Waals surface area contributed by atoms with Crippen LogP contribution in [0, 0.1) is 0 Å². The summed E-state index contributed by atoms with van der Waals surface area (Å²) in [7, 11) is -3.61. The first-order valence-corrected chi connectivity index (χ1v) is 10.8. The number of hydrogen-bond donors (Lipinski definition) is 1. The van der Waals surface area contributed by atoms with Crippen LogP contribution in [0.25, 0.3) is 0 Å². The molecule has 1 aromatic carbocycles. The second kappa shape index (κ2) is 8.68. The summed E-state index contributed by atoms with van der Waals surface area (Å²) >= 11 is 0. The first-order chi connectivity index (χ1) is 13.7. The van der Waals surface area contributed by atoms with Crippen molar-refractivity contribution in [3.63, 3.8) is 0 Å². The molecule has 0 radical (unpaired) electrons. The number of piperazine rings is 1. The minimum absolute atomic E-state index is 0.0222. The van der Waals surface area contributed by atoms with Crippen LogP contribution in [0.1, 0.15) is 16.7 Å². The van der Waals surface area contributed by atoms with Crippen LogP contribution in [0.5, 0.6) is 0 Å². The lowest BCUT2D eigenvalue weighted by atomic mass is 10.1. The second-order valence-electron chi connectivity index (χ2n) is 6.81. The normalized spacial score (nSPS) is 16.2. The summed E-state index contributed by atoms with van der Waals surface area (Å²) in [6.45, 7) is 0.415. The van der Waals surface area contributed by atoms with Gasteiger partial charge < -0.3 is 10.0 Å². The van der Waals surface area contributed by atoms with Gasteiger partial charge in [0.15, 0.2) is 0 Å². The Bertz CT molecular complexity index is 943. The highest BCUT2D eigenvalue weighted by atomic mass is 32.2. The zero-order chi connectivity index (χ0) is 21.1. The van der Waals surface area contributed by atoms with Crippen LogP contribution in [0.4, 0.5) is 19.0 Å². The number of sulfonamides is 1. The number of nitrogens with zero attached hydrogens (tertiary/aromatic N) is 3. The number of aliphatic hydroxyl groups excluding tert-OH is 1. The molecule has 0 unspecified atom stereocenters. The Labute approximate surface area is 167 Å². The van der Waals surface area contributed by atoms with Crippen molar-refractivity contribution in [3.05, 3.63) is 59.3 Å². The van der Waals surface area contributed by atoms with E-state index in [2.05, 4.69) is 4.98 Å². The predicted octanol–water partition coefficient (Wildman–Crippen LogP) is 2.29. The summed E-state index contributed by atoms with van der Waals surface area (Å²) in [5, 5.41) is 9.03. The van der Waals surface area contributed by atoms with Crippen LogP contribution in [0.2, 0.25) is 0 Å². The Hall–Kier alpha value is -2.17. The van der Waals surface area contributed by atoms with Gasteiger partial charge >= 0.3 is 6.18 Å². The van der Waals surface area contributed by atoms with E-state index in [0.29, 0.717) is 12.0 Å². The first kappa shape index (κ1) is 21.5. The fourth-order valence-corrected chi connectivity index (χ4v) is 4.86. The molecule has 6 nitrogen and oxygen atoms in total. The van der Waals surface area contributed by atoms with Crippen LogP contribution in [-0.4, -0.2) is 55.6 Å². The summed E-state index contributed by atoms with van der Waals surface area (Å²) in [5.74, 6) is -0.363. The SMILES string of the molecule is O=S(=O)(Cc1cccc(CCO)c1)N1CCN(c2ncccc2C(F)(F)F)CC1. The van der Waals surface area contributed by atoms with E-state index in [-0.39, 0.29) is 44.4 Å². The maximum absolute atomic E-state index is 13.2. The molecule has 2 heterocycles. The number of rotatable bonds is 6. The summed E-state index contributed by atoms with van der Waals surface area (Å²) in [6.07, 6.45) is -2.78. The minimum atomic E-state index is -4.52. The molecule has 0 aliphatic carbocycles. The van der Waals surface area contributed by atoms with Gasteiger partial charge in [0, 0.05) is 39.0 Å². The molecule has 3 rings (SSSR count). The Balaban J connectivity index is 1.68. The summed E-state index contributed by atoms with van der Waals surface area (Å²) in [5.41, 5.74) is 0.638. The minimum Gasteiger partial charge on any atom is -0.396 e. The highest BCUT2D eigenvalue weighted by Gasteiger charge is 2.37. The van der Waals surface area contributed by atoms with E-state index in [9.17, 15) is 21.6 Å². The Morgan fingerprint density at radius 2 is 1.72 bits per heavy atom. The number of alkyl halides is 3. The molecule has 0 spiro atoms. The number of aromatic nitrogens is 1. The second-order valence-corrected chi connectivity index (χ2v) is 8.78. The Kier molecular flexibility index (Phi) is 6.45. The lowest BCUT2D eigenvalue weighted by molar-refractivity contribution is -0.137. The fraction of sp³-hybridized carbons (Fsp3) is 0.421. The zero-order valence-electron chi connectivity index (χ0n) is 15.6. The van der Waals surface area contributed by atoms with Crippen LogP contribution >= 0.6 is 0 Å². The van der Waals surface area contributed by atoms with E-state index in [1.807, 2.05) is 6.07 Å². The summed E-state index contributed by atoms with van der Waals surface area (Å²) in [4.78, 5) is 5.34. The third-order valence-electron chi connectivity index (χ3n) is 4.76. The van der Waals surface area contributed by atoms with Crippen molar-refractivity contribution < 1.29 is 26.7 Å². The zero-order valence-corrected chi connectivity index (χ0v) is 16.5. The van der Waals surface area contributed by atoms with Gasteiger partial charge in [0.05, 0.1) is 11.3 Å². The largest absolute Gasteiger partial charge is 0.419 e. The smallest absolute Gasteiger partial charge is 0.396 e. The summed E-state index contributed by atoms with van der Waals surface area (Å²) in [6, 6.07) is 9.22. The molecule has 0 saturated carbocycles. The molecular weight excluding hydrogens is 407 g/mol. The van der Waals surface area contributed by atoms with Gasteiger partial charge in [-0.25, -0.2) is 13.4 Å². The van der Waals surface area contributed by atoms with Crippen LogP contribution in [0.3, 0.4) is 0 Å². The molecule has 1 fully saturated rings. The van der Waals surface area contributed by atoms with Gasteiger partial charge in [0.25, 0.3) is 0 Å². The average molecular weight is 429 g/mol. The molecule has 0 bridgehead atoms. The molecule has 1 N–H and O–H groups in total. The van der Waals surface area contributed by atoms with Crippen molar-refractivity contribution in [2.24, 2.45) is 0 Å². The number of benzene rings is 1. The molecule has 0 atom stereocenters. The van der Waals surface area contributed by atoms with Crippen molar-refractivity contribution in [2.45, 2.75) is 18.3 Å². The number of anilines is 1. The van der Waals surface area contributed by atoms with Crippen LogP contribution < -0.4 is 4.90 Å². The van der Waals surface area contributed by atoms with Gasteiger partial charge in [-0.2, -0.15) is 17.5 Å². The fourth-order valence-electron chi connectivity index (χ4n) is 3.35. The number of pyridine rings is 1. The number of halogens is 3. The number of aliphatic hydroxyl groups is 1. The molecule has 1 aliphatic heterocycles. The van der Waals surface area contributed by atoms with Gasteiger partial charge in [-0.05, 0) is 29.7 Å². The lowest BCUT2D eigenvalue weighted by Crippen LogP contribution is -2.49. The molecule has 10 heteroatoms. The maximum atomic E-state index is 13.2. The highest BCUT2D eigenvalue weighted by Crippen LogP contribution is 2.35. The van der Waals surface area contributed by atoms with Gasteiger partial charge in [0.1, 0.15) is 5.82 Å². The lowest BCUT2D eigenvalue weighted by Gasteiger charge is -2.35. The van der Waals surface area contributed by atoms with E-state index < -0.39 is 21.8 Å². The maximum Gasteiger partial charge on any atom is 0.419 e. The third kappa shape index (κ3) is 5.26. The van der Waals surface area contributed by atoms with E-state index in [1.54, 1.807) is 18.2 Å². The van der Waals surface area contributed by atoms with Gasteiger partial charge in [-0.1, -0.05) is 24.3 Å². The molecule has 1 saturated heterocycles. The van der Waals surface area contributed by atoms with Gasteiger partial charge in [-0.3, -0.25) is 0 Å². The topological polar surface area (TPSA) is 73.7 Å². The van der Waals surface area contributed by atoms with E-state index in [0.717, 1.165) is 11.6 Å². The van der Waals surface area contributed by atoms with Crippen molar-refractivity contribution in [1.29, 1.82) is 0 Å². The van der Waals surface area contributed by atoms with E-state index >= 15 is 0 Å². The van der Waals surface area contributed by atoms with Crippen LogP contribution in [-0.2, 0) is 28.4 Å². The summed E-state index contributed by atoms with van der Waals surface area (Å²) < 4.78 is 66.4. The van der Waals surface area contributed by atoms with Crippen molar-refractivity contribution in [3.8, 4) is 0 Å². The Morgan fingerprint density at radius 3 is 2.38 bits per heavy atom. The quantitative estimate of drug-likeness (QED) is 0.763. The average Bonchev–Trinajstić information content (AvgIpc) is 2.68. The molecular formula is C19H22F3N3O3S. The molecule has 2 aromatic rings.